The average Bonchev–Trinajstić information content (AvgIpc) is 2.40. The van der Waals surface area contributed by atoms with Crippen molar-refractivity contribution in [3.8, 4) is 0 Å². The highest BCUT2D eigenvalue weighted by Crippen LogP contribution is 2.36. The van der Waals surface area contributed by atoms with Crippen LogP contribution in [0.15, 0.2) is 6.33 Å². The van der Waals surface area contributed by atoms with Crippen LogP contribution in [0.1, 0.15) is 32.6 Å². The van der Waals surface area contributed by atoms with E-state index < -0.39 is 0 Å². The van der Waals surface area contributed by atoms with Gasteiger partial charge < -0.3 is 16.0 Å². The summed E-state index contributed by atoms with van der Waals surface area (Å²) >= 11 is 6.14. The fourth-order valence-electron chi connectivity index (χ4n) is 3.11. The van der Waals surface area contributed by atoms with Crippen molar-refractivity contribution in [1.82, 2.24) is 14.9 Å². The maximum absolute atomic E-state index is 6.14. The lowest BCUT2D eigenvalue weighted by atomic mass is 9.75. The van der Waals surface area contributed by atoms with Gasteiger partial charge in [-0.05, 0) is 32.9 Å². The molecule has 6 heteroatoms. The Labute approximate surface area is 125 Å². The number of aromatic nitrogens is 2. The molecule has 2 rings (SSSR count). The molecule has 1 heterocycles. The van der Waals surface area contributed by atoms with Crippen LogP contribution in [0, 0.1) is 5.92 Å². The molecule has 0 bridgehead atoms. The van der Waals surface area contributed by atoms with Gasteiger partial charge in [0.2, 0.25) is 0 Å². The summed E-state index contributed by atoms with van der Waals surface area (Å²) in [4.78, 5) is 10.4. The van der Waals surface area contributed by atoms with Crippen LogP contribution in [0.5, 0.6) is 0 Å². The monoisotopic (exact) mass is 297 g/mol. The molecule has 1 aromatic heterocycles. The van der Waals surface area contributed by atoms with E-state index in [1.165, 1.54) is 32.0 Å². The SMILES string of the molecule is CC1CCCC(CNc2ncnc(N)c2Cl)(N(C)C)C1. The first-order valence-corrected chi connectivity index (χ1v) is 7.50. The lowest BCUT2D eigenvalue weighted by molar-refractivity contribution is 0.0881. The lowest BCUT2D eigenvalue weighted by Crippen LogP contribution is -2.52. The van der Waals surface area contributed by atoms with E-state index in [2.05, 4.69) is 41.2 Å². The van der Waals surface area contributed by atoms with Gasteiger partial charge >= 0.3 is 0 Å². The lowest BCUT2D eigenvalue weighted by Gasteiger charge is -2.45. The summed E-state index contributed by atoms with van der Waals surface area (Å²) in [6, 6.07) is 0. The molecule has 112 valence electrons. The van der Waals surface area contributed by atoms with Crippen molar-refractivity contribution in [1.29, 1.82) is 0 Å². The minimum absolute atomic E-state index is 0.153. The molecular formula is C14H24ClN5. The normalized spacial score (nSPS) is 26.8. The van der Waals surface area contributed by atoms with Crippen LogP contribution in [0.3, 0.4) is 0 Å². The quantitative estimate of drug-likeness (QED) is 0.894. The fourth-order valence-corrected chi connectivity index (χ4v) is 3.28. The molecule has 1 aromatic rings. The summed E-state index contributed by atoms with van der Waals surface area (Å²) in [5.41, 5.74) is 5.86. The Balaban J connectivity index is 2.11. The van der Waals surface area contributed by atoms with E-state index >= 15 is 0 Å². The third kappa shape index (κ3) is 3.15. The van der Waals surface area contributed by atoms with Gasteiger partial charge in [-0.1, -0.05) is 31.4 Å². The molecule has 0 spiro atoms. The Kier molecular flexibility index (Phi) is 4.70. The van der Waals surface area contributed by atoms with Gasteiger partial charge in [-0.3, -0.25) is 0 Å². The summed E-state index contributed by atoms with van der Waals surface area (Å²) in [6.45, 7) is 3.15. The topological polar surface area (TPSA) is 67.1 Å². The summed E-state index contributed by atoms with van der Waals surface area (Å²) in [6.07, 6.45) is 6.40. The van der Waals surface area contributed by atoms with Crippen LogP contribution in [0.2, 0.25) is 5.02 Å². The fraction of sp³-hybridized carbons (Fsp3) is 0.714. The zero-order valence-corrected chi connectivity index (χ0v) is 13.2. The molecule has 0 radical (unpaired) electrons. The number of nitrogens with two attached hydrogens (primary N) is 1. The van der Waals surface area contributed by atoms with Crippen LogP contribution in [0.25, 0.3) is 0 Å². The van der Waals surface area contributed by atoms with Crippen molar-refractivity contribution in [3.05, 3.63) is 11.3 Å². The molecule has 0 aliphatic heterocycles. The zero-order valence-electron chi connectivity index (χ0n) is 12.5. The summed E-state index contributed by atoms with van der Waals surface area (Å²) in [5, 5.41) is 3.77. The predicted octanol–water partition coefficient (Wildman–Crippen LogP) is 2.63. The smallest absolute Gasteiger partial charge is 0.150 e. The maximum atomic E-state index is 6.14. The number of nitrogens with one attached hydrogen (secondary N) is 1. The molecule has 1 saturated carbocycles. The highest BCUT2D eigenvalue weighted by Gasteiger charge is 2.36. The molecule has 0 aromatic carbocycles. The number of hydrogen-bond donors (Lipinski definition) is 2. The number of rotatable bonds is 4. The van der Waals surface area contributed by atoms with Gasteiger partial charge in [0.15, 0.2) is 5.82 Å². The van der Waals surface area contributed by atoms with Crippen LogP contribution in [-0.2, 0) is 0 Å². The van der Waals surface area contributed by atoms with E-state index in [1.54, 1.807) is 0 Å². The van der Waals surface area contributed by atoms with E-state index in [0.717, 1.165) is 12.5 Å². The Morgan fingerprint density at radius 2 is 2.25 bits per heavy atom. The summed E-state index contributed by atoms with van der Waals surface area (Å²) in [7, 11) is 4.30. The molecule has 2 unspecified atom stereocenters. The molecule has 2 atom stereocenters. The van der Waals surface area contributed by atoms with Crippen LogP contribution >= 0.6 is 11.6 Å². The average molecular weight is 298 g/mol. The Bertz CT molecular complexity index is 465. The number of nitrogens with zero attached hydrogens (tertiary/aromatic N) is 3. The molecule has 1 aliphatic rings. The van der Waals surface area contributed by atoms with Gasteiger partial charge in [0.25, 0.3) is 0 Å². The number of hydrogen-bond acceptors (Lipinski definition) is 5. The number of halogens is 1. The second kappa shape index (κ2) is 6.14. The van der Waals surface area contributed by atoms with Gasteiger partial charge in [-0.2, -0.15) is 0 Å². The number of anilines is 2. The maximum Gasteiger partial charge on any atom is 0.150 e. The van der Waals surface area contributed by atoms with Crippen molar-refractivity contribution in [2.75, 3.05) is 31.7 Å². The van der Waals surface area contributed by atoms with Gasteiger partial charge in [0.1, 0.15) is 17.2 Å². The van der Waals surface area contributed by atoms with Crippen molar-refractivity contribution < 1.29 is 0 Å². The molecule has 1 aliphatic carbocycles. The molecule has 0 amide bonds. The molecule has 3 N–H and O–H groups in total. The van der Waals surface area contributed by atoms with Crippen molar-refractivity contribution in [2.24, 2.45) is 5.92 Å². The minimum atomic E-state index is 0.153. The van der Waals surface area contributed by atoms with Crippen molar-refractivity contribution >= 4 is 23.2 Å². The standard InChI is InChI=1S/C14H24ClN5/c1-10-5-4-6-14(7-10,20(2)3)8-17-13-11(15)12(16)18-9-19-13/h9-10H,4-8H2,1-3H3,(H3,16,17,18,19). The summed E-state index contributed by atoms with van der Waals surface area (Å²) in [5.74, 6) is 1.69. The minimum Gasteiger partial charge on any atom is -0.382 e. The first-order valence-electron chi connectivity index (χ1n) is 7.12. The Morgan fingerprint density at radius 3 is 2.90 bits per heavy atom. The van der Waals surface area contributed by atoms with Gasteiger partial charge in [0.05, 0.1) is 0 Å². The second-order valence-electron chi connectivity index (χ2n) is 6.10. The predicted molar refractivity (Wildman–Crippen MR) is 84.0 cm³/mol. The van der Waals surface area contributed by atoms with E-state index in [9.17, 15) is 0 Å². The zero-order chi connectivity index (χ0) is 14.8. The van der Waals surface area contributed by atoms with Gasteiger partial charge in [0, 0.05) is 12.1 Å². The summed E-state index contributed by atoms with van der Waals surface area (Å²) < 4.78 is 0. The van der Waals surface area contributed by atoms with Crippen molar-refractivity contribution in [3.63, 3.8) is 0 Å². The van der Waals surface area contributed by atoms with Crippen LogP contribution in [-0.4, -0.2) is 41.0 Å². The number of likely N-dealkylation sites (N-methyl/N-ethyl adjacent to an activating group) is 1. The van der Waals surface area contributed by atoms with E-state index in [1.807, 2.05) is 0 Å². The third-order valence-corrected chi connectivity index (χ3v) is 4.79. The molecule has 0 saturated heterocycles. The first kappa shape index (κ1) is 15.3. The van der Waals surface area contributed by atoms with Gasteiger partial charge in [-0.25, -0.2) is 9.97 Å². The molecule has 5 nitrogen and oxygen atoms in total. The molecule has 20 heavy (non-hydrogen) atoms. The molecular weight excluding hydrogens is 274 g/mol. The largest absolute Gasteiger partial charge is 0.382 e. The Hall–Kier alpha value is -1.07. The van der Waals surface area contributed by atoms with Gasteiger partial charge in [-0.15, -0.1) is 0 Å². The second-order valence-corrected chi connectivity index (χ2v) is 6.47. The van der Waals surface area contributed by atoms with E-state index in [4.69, 9.17) is 17.3 Å². The highest BCUT2D eigenvalue weighted by atomic mass is 35.5. The highest BCUT2D eigenvalue weighted by molar-refractivity contribution is 6.35. The third-order valence-electron chi connectivity index (χ3n) is 4.42. The van der Waals surface area contributed by atoms with Crippen LogP contribution in [0.4, 0.5) is 11.6 Å². The first-order chi connectivity index (χ1) is 9.44. The van der Waals surface area contributed by atoms with Crippen LogP contribution < -0.4 is 11.1 Å². The number of nitrogen functional groups attached to an aromatic ring is 1. The van der Waals surface area contributed by atoms with E-state index in [-0.39, 0.29) is 5.54 Å². The van der Waals surface area contributed by atoms with E-state index in [0.29, 0.717) is 16.7 Å². The van der Waals surface area contributed by atoms with Crippen molar-refractivity contribution in [2.45, 2.75) is 38.1 Å². The molecule has 1 fully saturated rings. The Morgan fingerprint density at radius 1 is 1.50 bits per heavy atom.